The second-order valence-electron chi connectivity index (χ2n) is 4.32. The average molecular weight is 275 g/mol. The number of carbonyl (C=O) groups is 2. The summed E-state index contributed by atoms with van der Waals surface area (Å²) in [6, 6.07) is 4.72. The first kappa shape index (κ1) is 13.8. The van der Waals surface area contributed by atoms with Gasteiger partial charge in [0.05, 0.1) is 0 Å². The van der Waals surface area contributed by atoms with Crippen molar-refractivity contribution in [1.29, 1.82) is 0 Å². The van der Waals surface area contributed by atoms with Crippen molar-refractivity contribution in [1.82, 2.24) is 0 Å². The molecule has 1 heterocycles. The molecule has 0 unspecified atom stereocenters. The molecule has 0 saturated carbocycles. The van der Waals surface area contributed by atoms with E-state index in [1.165, 1.54) is 19.9 Å². The molecule has 0 bridgehead atoms. The molecule has 0 aliphatic heterocycles. The minimum atomic E-state index is -0.648. The fraction of sp³-hybridized carbons (Fsp3) is 0.214. The molecule has 1 aromatic carbocycles. The summed E-state index contributed by atoms with van der Waals surface area (Å²) in [5, 5.41) is 3.11. The predicted molar refractivity (Wildman–Crippen MR) is 72.8 cm³/mol. The van der Waals surface area contributed by atoms with Crippen molar-refractivity contribution in [2.45, 2.75) is 20.8 Å². The van der Waals surface area contributed by atoms with Crippen LogP contribution in [0.1, 0.15) is 19.4 Å². The van der Waals surface area contributed by atoms with Crippen LogP contribution >= 0.6 is 0 Å². The second-order valence-corrected chi connectivity index (χ2v) is 4.32. The van der Waals surface area contributed by atoms with Gasteiger partial charge in [0.25, 0.3) is 0 Å². The summed E-state index contributed by atoms with van der Waals surface area (Å²) in [5.41, 5.74) is 0.358. The van der Waals surface area contributed by atoms with Gasteiger partial charge >= 0.3 is 11.6 Å². The molecule has 0 spiro atoms. The highest BCUT2D eigenvalue weighted by molar-refractivity contribution is 5.93. The van der Waals surface area contributed by atoms with Crippen molar-refractivity contribution < 1.29 is 18.7 Å². The van der Waals surface area contributed by atoms with E-state index in [1.54, 1.807) is 19.1 Å². The van der Waals surface area contributed by atoms with Crippen LogP contribution in [-0.4, -0.2) is 11.9 Å². The molecule has 0 aliphatic carbocycles. The second kappa shape index (κ2) is 5.16. The van der Waals surface area contributed by atoms with Crippen molar-refractivity contribution in [3.8, 4) is 5.75 Å². The van der Waals surface area contributed by atoms with Gasteiger partial charge in [0, 0.05) is 25.3 Å². The summed E-state index contributed by atoms with van der Waals surface area (Å²) >= 11 is 0. The molecule has 1 N–H and O–H groups in total. The number of hydrogen-bond donors (Lipinski definition) is 1. The highest BCUT2D eigenvalue weighted by Crippen LogP contribution is 2.26. The van der Waals surface area contributed by atoms with Crippen molar-refractivity contribution in [3.63, 3.8) is 0 Å². The highest BCUT2D eigenvalue weighted by atomic mass is 16.5. The van der Waals surface area contributed by atoms with Gasteiger partial charge in [-0.15, -0.1) is 0 Å². The molecule has 1 amide bonds. The molecule has 0 saturated heterocycles. The van der Waals surface area contributed by atoms with E-state index in [0.717, 1.165) is 0 Å². The number of rotatable bonds is 2. The van der Waals surface area contributed by atoms with E-state index in [0.29, 0.717) is 22.3 Å². The number of esters is 1. The molecule has 6 nitrogen and oxygen atoms in total. The predicted octanol–water partition coefficient (Wildman–Crippen LogP) is 1.99. The summed E-state index contributed by atoms with van der Waals surface area (Å²) in [6.07, 6.45) is 0. The van der Waals surface area contributed by atoms with Crippen LogP contribution in [0.15, 0.2) is 27.4 Å². The zero-order valence-electron chi connectivity index (χ0n) is 11.3. The quantitative estimate of drug-likeness (QED) is 0.514. The van der Waals surface area contributed by atoms with Gasteiger partial charge in [-0.3, -0.25) is 9.59 Å². The van der Waals surface area contributed by atoms with Crippen LogP contribution in [0, 0.1) is 6.92 Å². The molecule has 0 fully saturated rings. The Morgan fingerprint density at radius 3 is 2.55 bits per heavy atom. The molecule has 2 rings (SSSR count). The minimum Gasteiger partial charge on any atom is -0.427 e. The molecule has 2 aromatic rings. The lowest BCUT2D eigenvalue weighted by Gasteiger charge is -2.08. The number of carbonyl (C=O) groups excluding carboxylic acids is 2. The van der Waals surface area contributed by atoms with Crippen LogP contribution < -0.4 is 15.7 Å². The number of hydrogen-bond acceptors (Lipinski definition) is 5. The minimum absolute atomic E-state index is 0.116. The van der Waals surface area contributed by atoms with Crippen molar-refractivity contribution in [3.05, 3.63) is 34.2 Å². The van der Waals surface area contributed by atoms with E-state index in [9.17, 15) is 14.4 Å². The lowest BCUT2D eigenvalue weighted by molar-refractivity contribution is -0.131. The van der Waals surface area contributed by atoms with Crippen molar-refractivity contribution in [2.75, 3.05) is 5.32 Å². The van der Waals surface area contributed by atoms with Crippen molar-refractivity contribution >= 4 is 28.5 Å². The third-order valence-corrected chi connectivity index (χ3v) is 2.70. The Morgan fingerprint density at radius 2 is 1.95 bits per heavy atom. The fourth-order valence-corrected chi connectivity index (χ4v) is 1.89. The van der Waals surface area contributed by atoms with Crippen LogP contribution in [0.3, 0.4) is 0 Å². The fourth-order valence-electron chi connectivity index (χ4n) is 1.89. The first-order chi connectivity index (χ1) is 9.38. The lowest BCUT2D eigenvalue weighted by Crippen LogP contribution is -2.16. The van der Waals surface area contributed by atoms with E-state index < -0.39 is 11.6 Å². The summed E-state index contributed by atoms with van der Waals surface area (Å²) in [7, 11) is 0. The number of ether oxygens (including phenoxy) is 1. The summed E-state index contributed by atoms with van der Waals surface area (Å²) in [6.45, 7) is 4.30. The SMILES string of the molecule is CC(=O)Nc1c(C)c2ccc(OC(C)=O)cc2oc1=O. The molecular formula is C14H13NO5. The topological polar surface area (TPSA) is 85.6 Å². The van der Waals surface area contributed by atoms with Crippen LogP contribution in [0.25, 0.3) is 11.0 Å². The van der Waals surface area contributed by atoms with Gasteiger partial charge < -0.3 is 14.5 Å². The molecule has 104 valence electrons. The summed E-state index contributed by atoms with van der Waals surface area (Å²) in [5.74, 6) is -0.519. The standard InChI is InChI=1S/C14H13NO5/c1-7-11-5-4-10(19-9(3)17)6-12(11)20-14(18)13(7)15-8(2)16/h4-6H,1-3H3,(H,15,16). The van der Waals surface area contributed by atoms with Gasteiger partial charge in [0.15, 0.2) is 0 Å². The van der Waals surface area contributed by atoms with Crippen LogP contribution in [0.2, 0.25) is 0 Å². The van der Waals surface area contributed by atoms with Crippen LogP contribution in [0.5, 0.6) is 5.75 Å². The number of amides is 1. The van der Waals surface area contributed by atoms with E-state index in [1.807, 2.05) is 0 Å². The number of aryl methyl sites for hydroxylation is 1. The summed E-state index contributed by atoms with van der Waals surface area (Å²) in [4.78, 5) is 33.8. The number of anilines is 1. The molecule has 1 aromatic heterocycles. The maximum absolute atomic E-state index is 11.8. The van der Waals surface area contributed by atoms with Gasteiger partial charge in [-0.2, -0.15) is 0 Å². The average Bonchev–Trinajstić information content (AvgIpc) is 2.33. The van der Waals surface area contributed by atoms with Crippen LogP contribution in [-0.2, 0) is 9.59 Å². The smallest absolute Gasteiger partial charge is 0.360 e. The Balaban J connectivity index is 2.60. The molecule has 0 aliphatic rings. The normalized spacial score (nSPS) is 10.3. The van der Waals surface area contributed by atoms with Gasteiger partial charge in [-0.25, -0.2) is 4.79 Å². The number of benzene rings is 1. The van der Waals surface area contributed by atoms with Gasteiger partial charge in [0.2, 0.25) is 5.91 Å². The monoisotopic (exact) mass is 275 g/mol. The Labute approximate surface area is 114 Å². The molecule has 0 atom stereocenters. The largest absolute Gasteiger partial charge is 0.427 e. The van der Waals surface area contributed by atoms with Gasteiger partial charge in [-0.1, -0.05) is 0 Å². The summed E-state index contributed by atoms with van der Waals surface area (Å²) < 4.78 is 10.1. The Bertz CT molecular complexity index is 760. The van der Waals surface area contributed by atoms with E-state index in [2.05, 4.69) is 5.32 Å². The Morgan fingerprint density at radius 1 is 1.25 bits per heavy atom. The molecule has 0 radical (unpaired) electrons. The molecule has 6 heteroatoms. The zero-order valence-corrected chi connectivity index (χ0v) is 11.3. The molecular weight excluding hydrogens is 262 g/mol. The highest BCUT2D eigenvalue weighted by Gasteiger charge is 2.13. The lowest BCUT2D eigenvalue weighted by atomic mass is 10.1. The van der Waals surface area contributed by atoms with Gasteiger partial charge in [-0.05, 0) is 24.6 Å². The van der Waals surface area contributed by atoms with Crippen molar-refractivity contribution in [2.24, 2.45) is 0 Å². The zero-order chi connectivity index (χ0) is 14.9. The van der Waals surface area contributed by atoms with E-state index >= 15 is 0 Å². The number of fused-ring (bicyclic) bond motifs is 1. The Kier molecular flexibility index (Phi) is 3.56. The van der Waals surface area contributed by atoms with Gasteiger partial charge in [0.1, 0.15) is 17.0 Å². The maximum Gasteiger partial charge on any atom is 0.360 e. The third kappa shape index (κ3) is 2.69. The third-order valence-electron chi connectivity index (χ3n) is 2.70. The molecule has 20 heavy (non-hydrogen) atoms. The van der Waals surface area contributed by atoms with E-state index in [4.69, 9.17) is 9.15 Å². The van der Waals surface area contributed by atoms with E-state index in [-0.39, 0.29) is 11.6 Å². The van der Waals surface area contributed by atoms with Crippen LogP contribution in [0.4, 0.5) is 5.69 Å². The first-order valence-electron chi connectivity index (χ1n) is 5.92. The maximum atomic E-state index is 11.8. The Hall–Kier alpha value is -2.63. The number of nitrogens with one attached hydrogen (secondary N) is 1. The first-order valence-corrected chi connectivity index (χ1v) is 5.92.